The third kappa shape index (κ3) is 3.17. The van der Waals surface area contributed by atoms with E-state index < -0.39 is 5.60 Å². The van der Waals surface area contributed by atoms with Crippen LogP contribution in [0.4, 0.5) is 5.13 Å². The van der Waals surface area contributed by atoms with E-state index in [4.69, 9.17) is 5.73 Å². The number of nitrogens with zero attached hydrogens (tertiary/aromatic N) is 2. The van der Waals surface area contributed by atoms with Gasteiger partial charge in [-0.15, -0.1) is 11.3 Å². The van der Waals surface area contributed by atoms with Gasteiger partial charge in [0, 0.05) is 18.5 Å². The summed E-state index contributed by atoms with van der Waals surface area (Å²) in [4.78, 5) is 17.8. The normalized spacial score (nSPS) is 24.9. The number of amides is 1. The molecule has 1 aromatic rings. The van der Waals surface area contributed by atoms with Crippen LogP contribution in [0.1, 0.15) is 25.5 Å². The summed E-state index contributed by atoms with van der Waals surface area (Å²) >= 11 is 1.34. The molecule has 0 saturated carbocycles. The number of aromatic nitrogens is 1. The zero-order chi connectivity index (χ0) is 12.5. The lowest BCUT2D eigenvalue weighted by Crippen LogP contribution is -2.49. The number of thiazole rings is 1. The molecule has 0 aliphatic carbocycles. The van der Waals surface area contributed by atoms with Crippen LogP contribution in [0.5, 0.6) is 0 Å². The molecule has 1 aliphatic rings. The van der Waals surface area contributed by atoms with Crippen molar-refractivity contribution < 1.29 is 9.90 Å². The number of carbonyl (C=O) groups excluding carboxylic acids is 1. The largest absolute Gasteiger partial charge is 0.388 e. The van der Waals surface area contributed by atoms with Crippen molar-refractivity contribution in [2.24, 2.45) is 0 Å². The molecular weight excluding hydrogens is 238 g/mol. The molecule has 0 radical (unpaired) electrons. The molecule has 1 aromatic heterocycles. The number of anilines is 1. The number of nitrogen functional groups attached to an aromatic ring is 1. The van der Waals surface area contributed by atoms with Gasteiger partial charge in [0.05, 0.1) is 17.7 Å². The number of hydrogen-bond donors (Lipinski definition) is 2. The highest BCUT2D eigenvalue weighted by molar-refractivity contribution is 7.13. The van der Waals surface area contributed by atoms with Crippen molar-refractivity contribution >= 4 is 22.4 Å². The van der Waals surface area contributed by atoms with Crippen LogP contribution < -0.4 is 5.73 Å². The van der Waals surface area contributed by atoms with Gasteiger partial charge in [-0.2, -0.15) is 0 Å². The minimum atomic E-state index is -0.755. The van der Waals surface area contributed by atoms with E-state index in [-0.39, 0.29) is 12.3 Å². The Morgan fingerprint density at radius 3 is 3.12 bits per heavy atom. The Balaban J connectivity index is 1.96. The van der Waals surface area contributed by atoms with Gasteiger partial charge in [-0.25, -0.2) is 4.98 Å². The van der Waals surface area contributed by atoms with E-state index in [1.165, 1.54) is 11.3 Å². The topological polar surface area (TPSA) is 79.5 Å². The van der Waals surface area contributed by atoms with E-state index in [1.807, 2.05) is 0 Å². The van der Waals surface area contributed by atoms with Crippen LogP contribution in [0.25, 0.3) is 0 Å². The maximum Gasteiger partial charge on any atom is 0.228 e. The van der Waals surface area contributed by atoms with Gasteiger partial charge in [-0.1, -0.05) is 0 Å². The van der Waals surface area contributed by atoms with E-state index in [0.717, 1.165) is 12.8 Å². The summed E-state index contributed by atoms with van der Waals surface area (Å²) < 4.78 is 0. The molecule has 1 amide bonds. The second kappa shape index (κ2) is 4.62. The average molecular weight is 255 g/mol. The minimum absolute atomic E-state index is 0.00951. The third-order valence-electron chi connectivity index (χ3n) is 2.93. The highest BCUT2D eigenvalue weighted by Crippen LogP contribution is 2.21. The molecule has 94 valence electrons. The number of aliphatic hydroxyl groups is 1. The maximum absolute atomic E-state index is 12.0. The molecule has 1 atom stereocenters. The summed E-state index contributed by atoms with van der Waals surface area (Å²) in [6, 6.07) is 0. The van der Waals surface area contributed by atoms with Gasteiger partial charge < -0.3 is 15.7 Å². The lowest BCUT2D eigenvalue weighted by Gasteiger charge is -2.36. The first-order chi connectivity index (χ1) is 7.96. The Morgan fingerprint density at radius 1 is 1.76 bits per heavy atom. The maximum atomic E-state index is 12.0. The lowest BCUT2D eigenvalue weighted by atomic mass is 9.95. The van der Waals surface area contributed by atoms with Gasteiger partial charge in [0.2, 0.25) is 5.91 Å². The standard InChI is InChI=1S/C11H17N3O2S/c1-11(16)3-2-4-14(7-11)9(15)5-8-6-17-10(12)13-8/h6,16H,2-5,7H2,1H3,(H2,12,13). The molecular formula is C11H17N3O2S. The van der Waals surface area contributed by atoms with Gasteiger partial charge >= 0.3 is 0 Å². The number of β-amino-alcohol motifs (C(OH)–C–C–N with tert-alkyl or cyclic N) is 1. The van der Waals surface area contributed by atoms with E-state index >= 15 is 0 Å². The predicted molar refractivity (Wildman–Crippen MR) is 66.7 cm³/mol. The molecule has 5 nitrogen and oxygen atoms in total. The molecule has 6 heteroatoms. The van der Waals surface area contributed by atoms with Gasteiger partial charge in [0.15, 0.2) is 5.13 Å². The SMILES string of the molecule is CC1(O)CCCN(C(=O)Cc2csc(N)n2)C1. The second-order valence-corrected chi connectivity index (χ2v) is 5.66. The number of nitrogens with two attached hydrogens (primary N) is 1. The fourth-order valence-corrected chi connectivity index (χ4v) is 2.67. The smallest absolute Gasteiger partial charge is 0.228 e. The first-order valence-electron chi connectivity index (χ1n) is 5.66. The van der Waals surface area contributed by atoms with Crippen molar-refractivity contribution in [3.63, 3.8) is 0 Å². The van der Waals surface area contributed by atoms with Crippen molar-refractivity contribution in [3.05, 3.63) is 11.1 Å². The summed E-state index contributed by atoms with van der Waals surface area (Å²) in [6.45, 7) is 2.90. The molecule has 0 spiro atoms. The monoisotopic (exact) mass is 255 g/mol. The van der Waals surface area contributed by atoms with E-state index in [9.17, 15) is 9.90 Å². The Kier molecular flexibility index (Phi) is 3.35. The molecule has 1 fully saturated rings. The van der Waals surface area contributed by atoms with Crippen LogP contribution in [0.2, 0.25) is 0 Å². The molecule has 1 unspecified atom stereocenters. The van der Waals surface area contributed by atoms with Crippen LogP contribution in [0.3, 0.4) is 0 Å². The fraction of sp³-hybridized carbons (Fsp3) is 0.636. The summed E-state index contributed by atoms with van der Waals surface area (Å²) in [5.41, 5.74) is 5.47. The number of rotatable bonds is 2. The van der Waals surface area contributed by atoms with E-state index in [2.05, 4.69) is 4.98 Å². The van der Waals surface area contributed by atoms with Gasteiger partial charge in [-0.3, -0.25) is 4.79 Å². The zero-order valence-electron chi connectivity index (χ0n) is 9.85. The van der Waals surface area contributed by atoms with Crippen LogP contribution >= 0.6 is 11.3 Å². The van der Waals surface area contributed by atoms with Crippen LogP contribution in [-0.2, 0) is 11.2 Å². The third-order valence-corrected chi connectivity index (χ3v) is 3.65. The van der Waals surface area contributed by atoms with Crippen LogP contribution in [0.15, 0.2) is 5.38 Å². The fourth-order valence-electron chi connectivity index (χ4n) is 2.10. The predicted octanol–water partition coefficient (Wildman–Crippen LogP) is 0.641. The van der Waals surface area contributed by atoms with Crippen molar-refractivity contribution in [3.8, 4) is 0 Å². The number of carbonyl (C=O) groups is 1. The Bertz CT molecular complexity index is 417. The molecule has 17 heavy (non-hydrogen) atoms. The van der Waals surface area contributed by atoms with E-state index in [1.54, 1.807) is 17.2 Å². The summed E-state index contributed by atoms with van der Waals surface area (Å²) in [6.07, 6.45) is 1.86. The highest BCUT2D eigenvalue weighted by Gasteiger charge is 2.30. The second-order valence-electron chi connectivity index (χ2n) is 4.77. The van der Waals surface area contributed by atoms with E-state index in [0.29, 0.717) is 23.9 Å². The molecule has 1 saturated heterocycles. The Hall–Kier alpha value is -1.14. The van der Waals surface area contributed by atoms with Gasteiger partial charge in [0.25, 0.3) is 0 Å². The highest BCUT2D eigenvalue weighted by atomic mass is 32.1. The molecule has 0 aromatic carbocycles. The summed E-state index contributed by atoms with van der Waals surface area (Å²) in [5, 5.41) is 12.2. The van der Waals surface area contributed by atoms with Crippen molar-refractivity contribution in [2.45, 2.75) is 31.8 Å². The number of piperidine rings is 1. The Labute approximate surface area is 104 Å². The molecule has 0 bridgehead atoms. The lowest BCUT2D eigenvalue weighted by molar-refractivity contribution is -0.136. The van der Waals surface area contributed by atoms with Crippen LogP contribution in [-0.4, -0.2) is 39.6 Å². The zero-order valence-corrected chi connectivity index (χ0v) is 10.7. The van der Waals surface area contributed by atoms with Crippen molar-refractivity contribution in [1.29, 1.82) is 0 Å². The number of hydrogen-bond acceptors (Lipinski definition) is 5. The molecule has 2 rings (SSSR count). The quantitative estimate of drug-likeness (QED) is 0.813. The molecule has 3 N–H and O–H groups in total. The summed E-state index contributed by atoms with van der Waals surface area (Å²) in [7, 11) is 0. The molecule has 1 aliphatic heterocycles. The van der Waals surface area contributed by atoms with Gasteiger partial charge in [-0.05, 0) is 19.8 Å². The van der Waals surface area contributed by atoms with Gasteiger partial charge in [0.1, 0.15) is 0 Å². The number of likely N-dealkylation sites (tertiary alicyclic amines) is 1. The summed E-state index contributed by atoms with van der Waals surface area (Å²) in [5.74, 6) is 0.00951. The Morgan fingerprint density at radius 2 is 2.53 bits per heavy atom. The molecule has 2 heterocycles. The average Bonchev–Trinajstić information content (AvgIpc) is 2.62. The first-order valence-corrected chi connectivity index (χ1v) is 6.54. The minimum Gasteiger partial charge on any atom is -0.388 e. The van der Waals surface area contributed by atoms with Crippen LogP contribution in [0, 0.1) is 0 Å². The van der Waals surface area contributed by atoms with Crippen molar-refractivity contribution in [2.75, 3.05) is 18.8 Å². The van der Waals surface area contributed by atoms with Crippen molar-refractivity contribution in [1.82, 2.24) is 9.88 Å². The first kappa shape index (κ1) is 12.3.